The lowest BCUT2D eigenvalue weighted by Crippen LogP contribution is -2.37. The minimum absolute atomic E-state index is 0.0289. The molecular formula is C8H17NO3. The quantitative estimate of drug-likeness (QED) is 0.573. The molecule has 0 saturated heterocycles. The first-order valence-electron chi connectivity index (χ1n) is 4.06. The second-order valence-electron chi connectivity index (χ2n) is 2.56. The van der Waals surface area contributed by atoms with Gasteiger partial charge >= 0.3 is 0 Å². The van der Waals surface area contributed by atoms with Gasteiger partial charge in [0.2, 0.25) is 0 Å². The van der Waals surface area contributed by atoms with E-state index in [0.29, 0.717) is 0 Å². The Kier molecular flexibility index (Phi) is 6.94. The lowest BCUT2D eigenvalue weighted by Gasteiger charge is -2.14. The number of rotatable bonds is 7. The molecule has 4 heteroatoms. The van der Waals surface area contributed by atoms with Gasteiger partial charge in [0.15, 0.2) is 5.78 Å². The summed E-state index contributed by atoms with van der Waals surface area (Å²) in [6.07, 6.45) is 1.71. The second-order valence-corrected chi connectivity index (χ2v) is 2.56. The highest BCUT2D eigenvalue weighted by molar-refractivity contribution is 5.84. The molecular weight excluding hydrogens is 158 g/mol. The Labute approximate surface area is 73.2 Å². The smallest absolute Gasteiger partial charge is 0.177 e. The molecule has 0 amide bonds. The number of hydrogen-bond donors (Lipinski definition) is 1. The number of methoxy groups -OCH3 is 1. The Morgan fingerprint density at radius 3 is 2.58 bits per heavy atom. The maximum absolute atomic E-state index is 11.3. The molecule has 1 unspecified atom stereocenters. The van der Waals surface area contributed by atoms with Crippen LogP contribution in [-0.4, -0.2) is 32.7 Å². The highest BCUT2D eigenvalue weighted by atomic mass is 16.6. The predicted molar refractivity (Wildman–Crippen MR) is 45.7 cm³/mol. The number of hydrogen-bond acceptors (Lipinski definition) is 4. The van der Waals surface area contributed by atoms with Gasteiger partial charge in [-0.2, -0.15) is 5.48 Å². The van der Waals surface area contributed by atoms with Gasteiger partial charge in [0.05, 0.1) is 13.2 Å². The van der Waals surface area contributed by atoms with E-state index in [-0.39, 0.29) is 18.4 Å². The average Bonchev–Trinajstić information content (AvgIpc) is 2.04. The van der Waals surface area contributed by atoms with Gasteiger partial charge in [-0.05, 0) is 6.42 Å². The van der Waals surface area contributed by atoms with Gasteiger partial charge in [-0.3, -0.25) is 4.79 Å². The molecule has 0 aliphatic rings. The molecule has 0 aromatic carbocycles. The van der Waals surface area contributed by atoms with Gasteiger partial charge in [0.1, 0.15) is 6.61 Å². The highest BCUT2D eigenvalue weighted by Gasteiger charge is 2.15. The van der Waals surface area contributed by atoms with E-state index < -0.39 is 0 Å². The summed E-state index contributed by atoms with van der Waals surface area (Å²) in [5, 5.41) is 0. The standard InChI is InChI=1S/C8H17NO3/c1-4-5-7(9-12-3)8(10)6-11-2/h7,9H,4-6H2,1-3H3. The van der Waals surface area contributed by atoms with Crippen molar-refractivity contribution in [3.63, 3.8) is 0 Å². The molecule has 0 fully saturated rings. The molecule has 1 atom stereocenters. The van der Waals surface area contributed by atoms with Crippen LogP contribution < -0.4 is 5.48 Å². The zero-order valence-electron chi connectivity index (χ0n) is 7.92. The van der Waals surface area contributed by atoms with Crippen molar-refractivity contribution in [2.75, 3.05) is 20.8 Å². The number of ketones is 1. The van der Waals surface area contributed by atoms with Gasteiger partial charge in [-0.25, -0.2) is 0 Å². The summed E-state index contributed by atoms with van der Waals surface area (Å²) in [5.41, 5.74) is 2.64. The molecule has 0 aliphatic carbocycles. The number of carbonyl (C=O) groups excluding carboxylic acids is 1. The van der Waals surface area contributed by atoms with Crippen LogP contribution in [0, 0.1) is 0 Å². The third-order valence-corrected chi connectivity index (χ3v) is 1.51. The van der Waals surface area contributed by atoms with Crippen LogP contribution >= 0.6 is 0 Å². The Balaban J connectivity index is 3.81. The van der Waals surface area contributed by atoms with Gasteiger partial charge < -0.3 is 9.57 Å². The van der Waals surface area contributed by atoms with E-state index in [2.05, 4.69) is 5.48 Å². The van der Waals surface area contributed by atoms with Crippen LogP contribution in [0.3, 0.4) is 0 Å². The summed E-state index contributed by atoms with van der Waals surface area (Å²) in [7, 11) is 3.01. The molecule has 0 spiro atoms. The van der Waals surface area contributed by atoms with Crippen LogP contribution in [0.15, 0.2) is 0 Å². The van der Waals surface area contributed by atoms with E-state index in [9.17, 15) is 4.79 Å². The fraction of sp³-hybridized carbons (Fsp3) is 0.875. The summed E-state index contributed by atoms with van der Waals surface area (Å²) in [5.74, 6) is 0.0289. The van der Waals surface area contributed by atoms with E-state index in [1.54, 1.807) is 0 Å². The summed E-state index contributed by atoms with van der Waals surface area (Å²) < 4.78 is 4.73. The zero-order valence-corrected chi connectivity index (χ0v) is 7.92. The fourth-order valence-electron chi connectivity index (χ4n) is 0.959. The Bertz CT molecular complexity index is 121. The summed E-state index contributed by atoms with van der Waals surface area (Å²) >= 11 is 0. The molecule has 0 aromatic heterocycles. The van der Waals surface area contributed by atoms with E-state index >= 15 is 0 Å². The lowest BCUT2D eigenvalue weighted by atomic mass is 10.1. The summed E-state index contributed by atoms with van der Waals surface area (Å²) in [6.45, 7) is 2.16. The van der Waals surface area contributed by atoms with Crippen molar-refractivity contribution in [3.8, 4) is 0 Å². The molecule has 12 heavy (non-hydrogen) atoms. The van der Waals surface area contributed by atoms with Crippen LogP contribution in [0.25, 0.3) is 0 Å². The van der Waals surface area contributed by atoms with Gasteiger partial charge in [-0.15, -0.1) is 0 Å². The normalized spacial score (nSPS) is 12.9. The Morgan fingerprint density at radius 2 is 2.17 bits per heavy atom. The first-order chi connectivity index (χ1) is 5.76. The lowest BCUT2D eigenvalue weighted by molar-refractivity contribution is -0.128. The van der Waals surface area contributed by atoms with E-state index in [1.807, 2.05) is 6.92 Å². The van der Waals surface area contributed by atoms with E-state index in [4.69, 9.17) is 9.57 Å². The van der Waals surface area contributed by atoms with Gasteiger partial charge in [0.25, 0.3) is 0 Å². The van der Waals surface area contributed by atoms with Crippen LogP contribution in [0.5, 0.6) is 0 Å². The van der Waals surface area contributed by atoms with Crippen LogP contribution in [-0.2, 0) is 14.4 Å². The maximum Gasteiger partial charge on any atom is 0.177 e. The van der Waals surface area contributed by atoms with Crippen LogP contribution in [0.1, 0.15) is 19.8 Å². The molecule has 0 radical (unpaired) electrons. The molecule has 0 saturated carbocycles. The number of nitrogens with one attached hydrogen (secondary N) is 1. The average molecular weight is 175 g/mol. The Hall–Kier alpha value is -0.450. The van der Waals surface area contributed by atoms with Crippen molar-refractivity contribution >= 4 is 5.78 Å². The molecule has 72 valence electrons. The number of ether oxygens (including phenoxy) is 1. The van der Waals surface area contributed by atoms with Crippen molar-refractivity contribution in [2.24, 2.45) is 0 Å². The van der Waals surface area contributed by atoms with Crippen molar-refractivity contribution in [1.82, 2.24) is 5.48 Å². The molecule has 0 heterocycles. The highest BCUT2D eigenvalue weighted by Crippen LogP contribution is 1.98. The van der Waals surface area contributed by atoms with Gasteiger partial charge in [-0.1, -0.05) is 13.3 Å². The van der Waals surface area contributed by atoms with E-state index in [1.165, 1.54) is 14.2 Å². The SMILES string of the molecule is CCCC(NOC)C(=O)COC. The Morgan fingerprint density at radius 1 is 1.50 bits per heavy atom. The molecule has 0 aliphatic heterocycles. The maximum atomic E-state index is 11.3. The zero-order chi connectivity index (χ0) is 9.40. The number of carbonyl (C=O) groups is 1. The van der Waals surface area contributed by atoms with Crippen LogP contribution in [0.4, 0.5) is 0 Å². The second kappa shape index (κ2) is 7.21. The number of hydroxylamine groups is 1. The third-order valence-electron chi connectivity index (χ3n) is 1.51. The van der Waals surface area contributed by atoms with E-state index in [0.717, 1.165) is 12.8 Å². The topological polar surface area (TPSA) is 47.6 Å². The first kappa shape index (κ1) is 11.6. The summed E-state index contributed by atoms with van der Waals surface area (Å²) in [6, 6.07) is -0.236. The van der Waals surface area contributed by atoms with Crippen LogP contribution in [0.2, 0.25) is 0 Å². The monoisotopic (exact) mass is 175 g/mol. The molecule has 4 nitrogen and oxygen atoms in total. The largest absolute Gasteiger partial charge is 0.377 e. The minimum atomic E-state index is -0.236. The minimum Gasteiger partial charge on any atom is -0.377 e. The van der Waals surface area contributed by atoms with Crippen molar-refractivity contribution in [3.05, 3.63) is 0 Å². The van der Waals surface area contributed by atoms with Crippen molar-refractivity contribution in [2.45, 2.75) is 25.8 Å². The third kappa shape index (κ3) is 4.43. The summed E-state index contributed by atoms with van der Waals surface area (Å²) in [4.78, 5) is 16.0. The molecule has 1 N–H and O–H groups in total. The fourth-order valence-corrected chi connectivity index (χ4v) is 0.959. The molecule has 0 bridgehead atoms. The predicted octanol–water partition coefficient (Wildman–Crippen LogP) is 0.522. The van der Waals surface area contributed by atoms with Crippen molar-refractivity contribution < 1.29 is 14.4 Å². The number of Topliss-reactive ketones (excluding diaryl/α,β-unsaturated/α-hetero) is 1. The van der Waals surface area contributed by atoms with Crippen molar-refractivity contribution in [1.29, 1.82) is 0 Å². The first-order valence-corrected chi connectivity index (χ1v) is 4.06. The van der Waals surface area contributed by atoms with Gasteiger partial charge in [0, 0.05) is 7.11 Å². The molecule has 0 rings (SSSR count). The molecule has 0 aromatic rings.